The Balaban J connectivity index is 1.56. The molecule has 0 aliphatic heterocycles. The Morgan fingerprint density at radius 1 is 0.750 bits per heavy atom. The van der Waals surface area contributed by atoms with E-state index in [0.717, 1.165) is 47.3 Å². The zero-order chi connectivity index (χ0) is 10.4. The van der Waals surface area contributed by atoms with E-state index in [1.165, 1.54) is 12.3 Å². The standard InChI is InChI=1S/C16H22/c1-8-4-11-6-12(8)14-7-13-9-2-3-10(5-9)15(13)16(11)14/h2-3,8-16H,4-7H2,1H3. The van der Waals surface area contributed by atoms with Crippen LogP contribution in [0.1, 0.15) is 32.6 Å². The van der Waals surface area contributed by atoms with Crippen molar-refractivity contribution in [3.63, 3.8) is 0 Å². The molecule has 0 aromatic rings. The van der Waals surface area contributed by atoms with Gasteiger partial charge in [-0.05, 0) is 78.9 Å². The van der Waals surface area contributed by atoms with Crippen LogP contribution in [0, 0.1) is 53.3 Å². The lowest BCUT2D eigenvalue weighted by atomic mass is 9.71. The normalized spacial score (nSPS) is 68.9. The average Bonchev–Trinajstić information content (AvgIpc) is 2.98. The highest BCUT2D eigenvalue weighted by Gasteiger charge is 2.63. The molecule has 0 N–H and O–H groups in total. The van der Waals surface area contributed by atoms with Crippen molar-refractivity contribution in [3.05, 3.63) is 12.2 Å². The molecule has 4 saturated carbocycles. The van der Waals surface area contributed by atoms with Crippen molar-refractivity contribution in [2.75, 3.05) is 0 Å². The Bertz CT molecular complexity index is 368. The summed E-state index contributed by atoms with van der Waals surface area (Å²) in [6.45, 7) is 2.53. The van der Waals surface area contributed by atoms with E-state index in [4.69, 9.17) is 0 Å². The second-order valence-electron chi connectivity index (χ2n) is 7.54. The van der Waals surface area contributed by atoms with Gasteiger partial charge >= 0.3 is 0 Å². The number of allylic oxidation sites excluding steroid dienone is 2. The zero-order valence-electron chi connectivity index (χ0n) is 10.2. The first-order valence-electron chi connectivity index (χ1n) is 7.51. The lowest BCUT2D eigenvalue weighted by molar-refractivity contribution is 0.152. The van der Waals surface area contributed by atoms with Gasteiger partial charge in [0.2, 0.25) is 0 Å². The predicted molar refractivity (Wildman–Crippen MR) is 64.7 cm³/mol. The summed E-state index contributed by atoms with van der Waals surface area (Å²) in [5, 5.41) is 0. The smallest absolute Gasteiger partial charge is 0.0194 e. The molecule has 86 valence electrons. The van der Waals surface area contributed by atoms with Crippen LogP contribution in [-0.4, -0.2) is 0 Å². The predicted octanol–water partition coefficient (Wildman–Crippen LogP) is 3.74. The minimum atomic E-state index is 1.01. The van der Waals surface area contributed by atoms with Gasteiger partial charge in [-0.2, -0.15) is 0 Å². The van der Waals surface area contributed by atoms with Crippen molar-refractivity contribution >= 4 is 0 Å². The minimum Gasteiger partial charge on any atom is -0.0848 e. The fourth-order valence-electron chi connectivity index (χ4n) is 6.99. The maximum atomic E-state index is 2.59. The van der Waals surface area contributed by atoms with Gasteiger partial charge < -0.3 is 0 Å². The Hall–Kier alpha value is -0.260. The van der Waals surface area contributed by atoms with Crippen LogP contribution >= 0.6 is 0 Å². The van der Waals surface area contributed by atoms with Crippen LogP contribution in [0.5, 0.6) is 0 Å². The highest BCUT2D eigenvalue weighted by Crippen LogP contribution is 2.70. The highest BCUT2D eigenvalue weighted by atomic mass is 14.7. The second-order valence-corrected chi connectivity index (χ2v) is 7.54. The van der Waals surface area contributed by atoms with Gasteiger partial charge in [-0.1, -0.05) is 19.1 Å². The number of hydrogen-bond donors (Lipinski definition) is 0. The molecular formula is C16H22. The van der Waals surface area contributed by atoms with Crippen molar-refractivity contribution in [2.45, 2.75) is 32.6 Å². The molecule has 16 heavy (non-hydrogen) atoms. The third-order valence-electron chi connectivity index (χ3n) is 7.25. The quantitative estimate of drug-likeness (QED) is 0.539. The van der Waals surface area contributed by atoms with Crippen LogP contribution < -0.4 is 0 Å². The summed E-state index contributed by atoms with van der Waals surface area (Å²) in [7, 11) is 0. The van der Waals surface area contributed by atoms with Crippen LogP contribution in [0.2, 0.25) is 0 Å². The summed E-state index contributed by atoms with van der Waals surface area (Å²) in [4.78, 5) is 0. The van der Waals surface area contributed by atoms with E-state index in [9.17, 15) is 0 Å². The molecule has 5 rings (SSSR count). The van der Waals surface area contributed by atoms with Gasteiger partial charge in [0, 0.05) is 0 Å². The first-order chi connectivity index (χ1) is 7.83. The van der Waals surface area contributed by atoms with Crippen molar-refractivity contribution in [3.8, 4) is 0 Å². The summed E-state index contributed by atoms with van der Waals surface area (Å²) in [5.74, 6) is 9.97. The molecule has 9 unspecified atom stereocenters. The fraction of sp³-hybridized carbons (Fsp3) is 0.875. The van der Waals surface area contributed by atoms with Crippen LogP contribution in [0.15, 0.2) is 12.2 Å². The SMILES string of the molecule is CC1CC2CC1C1CC3C4C=CC(C4)C3C21. The highest BCUT2D eigenvalue weighted by molar-refractivity contribution is 5.21. The average molecular weight is 214 g/mol. The molecule has 0 saturated heterocycles. The van der Waals surface area contributed by atoms with E-state index >= 15 is 0 Å². The third kappa shape index (κ3) is 0.802. The van der Waals surface area contributed by atoms with Crippen molar-refractivity contribution in [2.24, 2.45) is 53.3 Å². The fourth-order valence-corrected chi connectivity index (χ4v) is 6.99. The molecule has 5 aliphatic rings. The Kier molecular flexibility index (Phi) is 1.42. The Morgan fingerprint density at radius 2 is 1.62 bits per heavy atom. The van der Waals surface area contributed by atoms with Gasteiger partial charge in [-0.3, -0.25) is 0 Å². The van der Waals surface area contributed by atoms with Gasteiger partial charge in [0.1, 0.15) is 0 Å². The van der Waals surface area contributed by atoms with Crippen LogP contribution in [0.25, 0.3) is 0 Å². The molecule has 0 spiro atoms. The van der Waals surface area contributed by atoms with Gasteiger partial charge in [-0.15, -0.1) is 0 Å². The van der Waals surface area contributed by atoms with Gasteiger partial charge in [0.15, 0.2) is 0 Å². The molecular weight excluding hydrogens is 192 g/mol. The van der Waals surface area contributed by atoms with E-state index in [0.29, 0.717) is 0 Å². The molecule has 0 aromatic heterocycles. The Morgan fingerprint density at radius 3 is 2.56 bits per heavy atom. The van der Waals surface area contributed by atoms with E-state index < -0.39 is 0 Å². The summed E-state index contributed by atoms with van der Waals surface area (Å²) >= 11 is 0. The molecule has 0 heteroatoms. The van der Waals surface area contributed by atoms with Crippen LogP contribution in [-0.2, 0) is 0 Å². The molecule has 4 bridgehead atoms. The molecule has 0 aromatic carbocycles. The summed E-state index contributed by atoms with van der Waals surface area (Å²) in [5.41, 5.74) is 0. The molecule has 0 radical (unpaired) electrons. The van der Waals surface area contributed by atoms with Gasteiger partial charge in [0.25, 0.3) is 0 Å². The summed E-state index contributed by atoms with van der Waals surface area (Å²) in [6.07, 6.45) is 11.5. The number of hydrogen-bond acceptors (Lipinski definition) is 0. The molecule has 9 atom stereocenters. The van der Waals surface area contributed by atoms with Crippen molar-refractivity contribution in [1.29, 1.82) is 0 Å². The lowest BCUT2D eigenvalue weighted by Crippen LogP contribution is -2.28. The zero-order valence-corrected chi connectivity index (χ0v) is 10.2. The van der Waals surface area contributed by atoms with E-state index in [-0.39, 0.29) is 0 Å². The number of rotatable bonds is 0. The van der Waals surface area contributed by atoms with Crippen LogP contribution in [0.3, 0.4) is 0 Å². The maximum absolute atomic E-state index is 2.59. The van der Waals surface area contributed by atoms with E-state index in [2.05, 4.69) is 19.1 Å². The molecule has 5 aliphatic carbocycles. The molecule has 0 heterocycles. The van der Waals surface area contributed by atoms with Crippen molar-refractivity contribution in [1.82, 2.24) is 0 Å². The minimum absolute atomic E-state index is 1.01. The van der Waals surface area contributed by atoms with Crippen molar-refractivity contribution < 1.29 is 0 Å². The lowest BCUT2D eigenvalue weighted by Gasteiger charge is -2.34. The first-order valence-corrected chi connectivity index (χ1v) is 7.51. The molecule has 4 fully saturated rings. The maximum Gasteiger partial charge on any atom is -0.0194 e. The molecule has 0 nitrogen and oxygen atoms in total. The Labute approximate surface area is 98.5 Å². The third-order valence-corrected chi connectivity index (χ3v) is 7.25. The topological polar surface area (TPSA) is 0 Å². The largest absolute Gasteiger partial charge is 0.0848 e. The van der Waals surface area contributed by atoms with Gasteiger partial charge in [-0.25, -0.2) is 0 Å². The second kappa shape index (κ2) is 2.60. The molecule has 0 amide bonds. The number of fused-ring (bicyclic) bond motifs is 11. The summed E-state index contributed by atoms with van der Waals surface area (Å²) < 4.78 is 0. The van der Waals surface area contributed by atoms with Crippen LogP contribution in [0.4, 0.5) is 0 Å². The summed E-state index contributed by atoms with van der Waals surface area (Å²) in [6, 6.07) is 0. The van der Waals surface area contributed by atoms with E-state index in [1.807, 2.05) is 0 Å². The first kappa shape index (κ1) is 8.78. The monoisotopic (exact) mass is 214 g/mol. The van der Waals surface area contributed by atoms with E-state index in [1.54, 1.807) is 19.3 Å². The van der Waals surface area contributed by atoms with Gasteiger partial charge in [0.05, 0.1) is 0 Å².